The lowest BCUT2D eigenvalue weighted by Crippen LogP contribution is -2.19. The van der Waals surface area contributed by atoms with Crippen molar-refractivity contribution in [1.82, 2.24) is 0 Å². The van der Waals surface area contributed by atoms with E-state index >= 15 is 0 Å². The van der Waals surface area contributed by atoms with Crippen LogP contribution in [-0.4, -0.2) is 12.8 Å². The molecule has 0 heterocycles. The lowest BCUT2D eigenvalue weighted by Gasteiger charge is -2.20. The van der Waals surface area contributed by atoms with Gasteiger partial charge >= 0.3 is 6.18 Å². The van der Waals surface area contributed by atoms with E-state index < -0.39 is 12.8 Å². The third kappa shape index (κ3) is 4.29. The SMILES string of the molecule is Cc1cc(C(C)(C)C)ccc1OCC(F)(F)F. The van der Waals surface area contributed by atoms with Gasteiger partial charge in [-0.05, 0) is 29.5 Å². The summed E-state index contributed by atoms with van der Waals surface area (Å²) < 4.78 is 40.8. The number of ether oxygens (including phenoxy) is 1. The lowest BCUT2D eigenvalue weighted by molar-refractivity contribution is -0.153. The minimum Gasteiger partial charge on any atom is -0.484 e. The molecule has 0 amide bonds. The standard InChI is InChI=1S/C13H17F3O/c1-9-7-10(12(2,3)4)5-6-11(9)17-8-13(14,15)16/h5-7H,8H2,1-4H3. The van der Waals surface area contributed by atoms with Gasteiger partial charge in [0.2, 0.25) is 0 Å². The average molecular weight is 246 g/mol. The molecule has 1 aromatic carbocycles. The van der Waals surface area contributed by atoms with Crippen molar-refractivity contribution in [3.8, 4) is 5.75 Å². The molecule has 0 aromatic heterocycles. The smallest absolute Gasteiger partial charge is 0.422 e. The van der Waals surface area contributed by atoms with Gasteiger partial charge in [-0.15, -0.1) is 0 Å². The molecule has 4 heteroatoms. The lowest BCUT2D eigenvalue weighted by atomic mass is 9.86. The first kappa shape index (κ1) is 13.9. The second kappa shape index (κ2) is 4.59. The van der Waals surface area contributed by atoms with E-state index in [1.165, 1.54) is 0 Å². The molecular formula is C13H17F3O. The monoisotopic (exact) mass is 246 g/mol. The molecule has 0 bridgehead atoms. The van der Waals surface area contributed by atoms with E-state index in [1.54, 1.807) is 19.1 Å². The topological polar surface area (TPSA) is 9.23 Å². The van der Waals surface area contributed by atoms with Crippen LogP contribution >= 0.6 is 0 Å². The van der Waals surface area contributed by atoms with Crippen molar-refractivity contribution in [1.29, 1.82) is 0 Å². The summed E-state index contributed by atoms with van der Waals surface area (Å²) in [5.74, 6) is 0.287. The van der Waals surface area contributed by atoms with Crippen molar-refractivity contribution in [2.24, 2.45) is 0 Å². The first-order chi connectivity index (χ1) is 7.59. The molecule has 96 valence electrons. The van der Waals surface area contributed by atoms with Gasteiger partial charge in [0.15, 0.2) is 6.61 Å². The Balaban J connectivity index is 2.84. The van der Waals surface area contributed by atoms with E-state index in [-0.39, 0.29) is 11.2 Å². The summed E-state index contributed by atoms with van der Waals surface area (Å²) in [6.45, 7) is 6.66. The van der Waals surface area contributed by atoms with Gasteiger partial charge in [0, 0.05) is 0 Å². The predicted octanol–water partition coefficient (Wildman–Crippen LogP) is 4.23. The van der Waals surface area contributed by atoms with Crippen molar-refractivity contribution in [2.45, 2.75) is 39.3 Å². The molecule has 0 unspecified atom stereocenters. The highest BCUT2D eigenvalue weighted by molar-refractivity contribution is 5.38. The zero-order valence-electron chi connectivity index (χ0n) is 10.5. The number of rotatable bonds is 2. The van der Waals surface area contributed by atoms with E-state index in [0.717, 1.165) is 11.1 Å². The summed E-state index contributed by atoms with van der Waals surface area (Å²) in [5, 5.41) is 0. The summed E-state index contributed by atoms with van der Waals surface area (Å²) in [6.07, 6.45) is -4.30. The number of hydrogen-bond acceptors (Lipinski definition) is 1. The minimum absolute atomic E-state index is 0.0205. The van der Waals surface area contributed by atoms with Crippen molar-refractivity contribution in [2.75, 3.05) is 6.61 Å². The van der Waals surface area contributed by atoms with Gasteiger partial charge in [0.05, 0.1) is 0 Å². The largest absolute Gasteiger partial charge is 0.484 e. The maximum absolute atomic E-state index is 12.0. The first-order valence-electron chi connectivity index (χ1n) is 5.40. The Morgan fingerprint density at radius 2 is 1.71 bits per heavy atom. The van der Waals surface area contributed by atoms with Crippen LogP contribution in [0.3, 0.4) is 0 Å². The van der Waals surface area contributed by atoms with E-state index in [0.29, 0.717) is 0 Å². The van der Waals surface area contributed by atoms with Gasteiger partial charge in [-0.1, -0.05) is 32.9 Å². The summed E-state index contributed by atoms with van der Waals surface area (Å²) in [6, 6.07) is 5.27. The Hall–Kier alpha value is -1.19. The van der Waals surface area contributed by atoms with Crippen LogP contribution in [0.4, 0.5) is 13.2 Å². The van der Waals surface area contributed by atoms with Crippen LogP contribution in [0.15, 0.2) is 18.2 Å². The van der Waals surface area contributed by atoms with Gasteiger partial charge in [-0.3, -0.25) is 0 Å². The van der Waals surface area contributed by atoms with E-state index in [1.807, 2.05) is 6.07 Å². The molecule has 1 nitrogen and oxygen atoms in total. The van der Waals surface area contributed by atoms with Crippen LogP contribution < -0.4 is 4.74 Å². The van der Waals surface area contributed by atoms with Crippen LogP contribution in [0.2, 0.25) is 0 Å². The van der Waals surface area contributed by atoms with Gasteiger partial charge < -0.3 is 4.74 Å². The van der Waals surface area contributed by atoms with Crippen molar-refractivity contribution >= 4 is 0 Å². The van der Waals surface area contributed by atoms with E-state index in [9.17, 15) is 13.2 Å². The molecule has 0 saturated heterocycles. The van der Waals surface area contributed by atoms with E-state index in [2.05, 4.69) is 20.8 Å². The quantitative estimate of drug-likeness (QED) is 0.758. The van der Waals surface area contributed by atoms with Crippen molar-refractivity contribution in [3.63, 3.8) is 0 Å². The Kier molecular flexibility index (Phi) is 3.74. The Morgan fingerprint density at radius 1 is 1.12 bits per heavy atom. The molecule has 1 rings (SSSR count). The molecule has 0 spiro atoms. The van der Waals surface area contributed by atoms with Gasteiger partial charge in [0.1, 0.15) is 5.75 Å². The number of halogens is 3. The summed E-state index contributed by atoms with van der Waals surface area (Å²) >= 11 is 0. The third-order valence-electron chi connectivity index (χ3n) is 2.43. The summed E-state index contributed by atoms with van der Waals surface area (Å²) in [7, 11) is 0. The van der Waals surface area contributed by atoms with Crippen LogP contribution in [0.1, 0.15) is 31.9 Å². The summed E-state index contributed by atoms with van der Waals surface area (Å²) in [5.41, 5.74) is 1.78. The minimum atomic E-state index is -4.30. The predicted molar refractivity (Wildman–Crippen MR) is 61.4 cm³/mol. The molecule has 0 fully saturated rings. The Morgan fingerprint density at radius 3 is 2.12 bits per heavy atom. The second-order valence-corrected chi connectivity index (χ2v) is 5.13. The normalized spacial score (nSPS) is 12.6. The zero-order valence-corrected chi connectivity index (χ0v) is 10.5. The van der Waals surface area contributed by atoms with Crippen LogP contribution in [0.5, 0.6) is 5.75 Å². The van der Waals surface area contributed by atoms with Crippen molar-refractivity contribution < 1.29 is 17.9 Å². The number of aryl methyl sites for hydroxylation is 1. The fraction of sp³-hybridized carbons (Fsp3) is 0.538. The van der Waals surface area contributed by atoms with Gasteiger partial charge in [0.25, 0.3) is 0 Å². The maximum atomic E-state index is 12.0. The van der Waals surface area contributed by atoms with Crippen LogP contribution in [-0.2, 0) is 5.41 Å². The number of benzene rings is 1. The highest BCUT2D eigenvalue weighted by Crippen LogP contribution is 2.28. The molecule has 0 saturated carbocycles. The molecule has 0 aliphatic carbocycles. The number of alkyl halides is 3. The number of hydrogen-bond donors (Lipinski definition) is 0. The molecule has 0 atom stereocenters. The Labute approximate surface area is 99.6 Å². The molecule has 0 aliphatic heterocycles. The van der Waals surface area contributed by atoms with Gasteiger partial charge in [-0.25, -0.2) is 0 Å². The molecule has 1 aromatic rings. The summed E-state index contributed by atoms with van der Waals surface area (Å²) in [4.78, 5) is 0. The van der Waals surface area contributed by atoms with Gasteiger partial charge in [-0.2, -0.15) is 13.2 Å². The molecule has 0 aliphatic rings. The first-order valence-corrected chi connectivity index (χ1v) is 5.40. The molecular weight excluding hydrogens is 229 g/mol. The van der Waals surface area contributed by atoms with Crippen molar-refractivity contribution in [3.05, 3.63) is 29.3 Å². The average Bonchev–Trinajstić information content (AvgIpc) is 2.12. The second-order valence-electron chi connectivity index (χ2n) is 5.13. The van der Waals surface area contributed by atoms with E-state index in [4.69, 9.17) is 4.74 Å². The molecule has 17 heavy (non-hydrogen) atoms. The highest BCUT2D eigenvalue weighted by Gasteiger charge is 2.28. The third-order valence-corrected chi connectivity index (χ3v) is 2.43. The Bertz CT molecular complexity index is 389. The fourth-order valence-corrected chi connectivity index (χ4v) is 1.44. The fourth-order valence-electron chi connectivity index (χ4n) is 1.44. The highest BCUT2D eigenvalue weighted by atomic mass is 19.4. The molecule has 0 radical (unpaired) electrons. The van der Waals surface area contributed by atoms with Crippen LogP contribution in [0.25, 0.3) is 0 Å². The molecule has 0 N–H and O–H groups in total. The maximum Gasteiger partial charge on any atom is 0.422 e. The zero-order chi connectivity index (χ0) is 13.3. The van der Waals surface area contributed by atoms with Crippen LogP contribution in [0, 0.1) is 6.92 Å².